The lowest BCUT2D eigenvalue weighted by molar-refractivity contribution is 0.442. The molecule has 16 heavy (non-hydrogen) atoms. The van der Waals surface area contributed by atoms with E-state index in [4.69, 9.17) is 0 Å². The maximum absolute atomic E-state index is 4.43. The Bertz CT molecular complexity index is 300. The standard InChI is InChI=1S/C13H23N3/c1-2-7-14-10-13-15-8-9-16(13)11-12-5-3-4-6-12/h8-9,12,14H,2-7,10-11H2,1H3. The van der Waals surface area contributed by atoms with Gasteiger partial charge in [-0.25, -0.2) is 4.98 Å². The maximum atomic E-state index is 4.43. The molecule has 0 spiro atoms. The summed E-state index contributed by atoms with van der Waals surface area (Å²) in [6.07, 6.45) is 10.9. The Labute approximate surface area is 98.3 Å². The number of rotatable bonds is 6. The molecule has 0 unspecified atom stereocenters. The molecule has 0 saturated heterocycles. The molecule has 1 heterocycles. The smallest absolute Gasteiger partial charge is 0.122 e. The van der Waals surface area contributed by atoms with E-state index in [2.05, 4.69) is 28.0 Å². The average Bonchev–Trinajstić information content (AvgIpc) is 2.92. The first kappa shape index (κ1) is 11.6. The third-order valence-corrected chi connectivity index (χ3v) is 3.44. The van der Waals surface area contributed by atoms with Crippen LogP contribution in [0.5, 0.6) is 0 Å². The van der Waals surface area contributed by atoms with Gasteiger partial charge in [0.25, 0.3) is 0 Å². The van der Waals surface area contributed by atoms with Gasteiger partial charge in [-0.1, -0.05) is 19.8 Å². The lowest BCUT2D eigenvalue weighted by Crippen LogP contribution is -2.19. The van der Waals surface area contributed by atoms with Crippen molar-refractivity contribution < 1.29 is 0 Å². The lowest BCUT2D eigenvalue weighted by Gasteiger charge is -2.13. The van der Waals surface area contributed by atoms with Crippen LogP contribution in [0.25, 0.3) is 0 Å². The molecular weight excluding hydrogens is 198 g/mol. The van der Waals surface area contributed by atoms with E-state index in [1.165, 1.54) is 44.5 Å². The van der Waals surface area contributed by atoms with Gasteiger partial charge in [-0.05, 0) is 31.7 Å². The summed E-state index contributed by atoms with van der Waals surface area (Å²) in [7, 11) is 0. The van der Waals surface area contributed by atoms with Crippen LogP contribution < -0.4 is 5.32 Å². The summed E-state index contributed by atoms with van der Waals surface area (Å²) in [6, 6.07) is 0. The fourth-order valence-electron chi connectivity index (χ4n) is 2.52. The minimum Gasteiger partial charge on any atom is -0.334 e. The Morgan fingerprint density at radius 3 is 3.00 bits per heavy atom. The van der Waals surface area contributed by atoms with Crippen LogP contribution in [0.2, 0.25) is 0 Å². The molecule has 0 aromatic carbocycles. The molecule has 1 aromatic heterocycles. The first-order chi connectivity index (χ1) is 7.90. The minimum atomic E-state index is 0.888. The number of hydrogen-bond acceptors (Lipinski definition) is 2. The summed E-state index contributed by atoms with van der Waals surface area (Å²) in [5.41, 5.74) is 0. The van der Waals surface area contributed by atoms with Gasteiger partial charge in [-0.15, -0.1) is 0 Å². The van der Waals surface area contributed by atoms with E-state index in [0.29, 0.717) is 0 Å². The second kappa shape index (κ2) is 6.04. The third-order valence-electron chi connectivity index (χ3n) is 3.44. The second-order valence-electron chi connectivity index (χ2n) is 4.82. The van der Waals surface area contributed by atoms with Gasteiger partial charge in [-0.2, -0.15) is 0 Å². The van der Waals surface area contributed by atoms with Crippen molar-refractivity contribution in [3.63, 3.8) is 0 Å². The van der Waals surface area contributed by atoms with Crippen LogP contribution in [0.3, 0.4) is 0 Å². The molecule has 0 amide bonds. The molecule has 1 aromatic rings. The summed E-state index contributed by atoms with van der Waals surface area (Å²) < 4.78 is 2.33. The van der Waals surface area contributed by atoms with Crippen molar-refractivity contribution >= 4 is 0 Å². The monoisotopic (exact) mass is 221 g/mol. The van der Waals surface area contributed by atoms with Crippen LogP contribution in [0, 0.1) is 5.92 Å². The molecule has 1 saturated carbocycles. The number of nitrogens with one attached hydrogen (secondary N) is 1. The van der Waals surface area contributed by atoms with Gasteiger partial charge in [0.2, 0.25) is 0 Å². The predicted molar refractivity (Wildman–Crippen MR) is 66.2 cm³/mol. The fourth-order valence-corrected chi connectivity index (χ4v) is 2.52. The van der Waals surface area contributed by atoms with E-state index in [0.717, 1.165) is 19.0 Å². The first-order valence-electron chi connectivity index (χ1n) is 6.61. The van der Waals surface area contributed by atoms with Crippen LogP contribution in [-0.4, -0.2) is 16.1 Å². The highest BCUT2D eigenvalue weighted by atomic mass is 15.1. The molecule has 0 atom stereocenters. The fraction of sp³-hybridized carbons (Fsp3) is 0.769. The first-order valence-corrected chi connectivity index (χ1v) is 6.61. The normalized spacial score (nSPS) is 17.1. The van der Waals surface area contributed by atoms with E-state index >= 15 is 0 Å². The molecule has 1 aliphatic rings. The molecule has 2 rings (SSSR count). The molecule has 0 bridgehead atoms. The second-order valence-corrected chi connectivity index (χ2v) is 4.82. The van der Waals surface area contributed by atoms with Crippen molar-refractivity contribution in [3.05, 3.63) is 18.2 Å². The molecule has 3 nitrogen and oxygen atoms in total. The molecule has 1 fully saturated rings. The van der Waals surface area contributed by atoms with E-state index in [1.54, 1.807) is 0 Å². The summed E-state index contributed by atoms with van der Waals surface area (Å²) in [6.45, 7) is 5.35. The Kier molecular flexibility index (Phi) is 4.40. The summed E-state index contributed by atoms with van der Waals surface area (Å²) >= 11 is 0. The van der Waals surface area contributed by atoms with Crippen molar-refractivity contribution in [1.82, 2.24) is 14.9 Å². The number of aromatic nitrogens is 2. The van der Waals surface area contributed by atoms with E-state index in [-0.39, 0.29) is 0 Å². The zero-order valence-electron chi connectivity index (χ0n) is 10.3. The third kappa shape index (κ3) is 3.08. The van der Waals surface area contributed by atoms with Gasteiger partial charge in [0, 0.05) is 18.9 Å². The van der Waals surface area contributed by atoms with E-state index < -0.39 is 0 Å². The Balaban J connectivity index is 1.85. The Morgan fingerprint density at radius 1 is 1.44 bits per heavy atom. The van der Waals surface area contributed by atoms with Crippen molar-refractivity contribution in [2.75, 3.05) is 6.54 Å². The van der Waals surface area contributed by atoms with Crippen LogP contribution in [0.15, 0.2) is 12.4 Å². The molecule has 90 valence electrons. The highest BCUT2D eigenvalue weighted by Gasteiger charge is 2.16. The van der Waals surface area contributed by atoms with E-state index in [1.807, 2.05) is 6.20 Å². The van der Waals surface area contributed by atoms with Gasteiger partial charge < -0.3 is 9.88 Å². The quantitative estimate of drug-likeness (QED) is 0.748. The predicted octanol–water partition coefficient (Wildman–Crippen LogP) is 2.57. The summed E-state index contributed by atoms with van der Waals surface area (Å²) in [5.74, 6) is 2.08. The molecule has 1 N–H and O–H groups in total. The van der Waals surface area contributed by atoms with Crippen molar-refractivity contribution in [2.24, 2.45) is 5.92 Å². The van der Waals surface area contributed by atoms with Gasteiger partial charge in [0.15, 0.2) is 0 Å². The Morgan fingerprint density at radius 2 is 2.25 bits per heavy atom. The average molecular weight is 221 g/mol. The molecule has 3 heteroatoms. The van der Waals surface area contributed by atoms with Gasteiger partial charge in [0.1, 0.15) is 5.82 Å². The topological polar surface area (TPSA) is 29.9 Å². The maximum Gasteiger partial charge on any atom is 0.122 e. The zero-order chi connectivity index (χ0) is 11.2. The summed E-state index contributed by atoms with van der Waals surface area (Å²) in [4.78, 5) is 4.43. The molecule has 0 radical (unpaired) electrons. The molecular formula is C13H23N3. The van der Waals surface area contributed by atoms with Crippen molar-refractivity contribution in [3.8, 4) is 0 Å². The van der Waals surface area contributed by atoms with Gasteiger partial charge >= 0.3 is 0 Å². The number of imidazole rings is 1. The summed E-state index contributed by atoms with van der Waals surface area (Å²) in [5, 5.41) is 3.42. The largest absolute Gasteiger partial charge is 0.334 e. The number of nitrogens with zero attached hydrogens (tertiary/aromatic N) is 2. The number of hydrogen-bond donors (Lipinski definition) is 1. The molecule has 0 aliphatic heterocycles. The van der Waals surface area contributed by atoms with Gasteiger partial charge in [-0.3, -0.25) is 0 Å². The zero-order valence-corrected chi connectivity index (χ0v) is 10.3. The van der Waals surface area contributed by atoms with Crippen LogP contribution in [0.4, 0.5) is 0 Å². The Hall–Kier alpha value is -0.830. The SMILES string of the molecule is CCCNCc1nccn1CC1CCCC1. The van der Waals surface area contributed by atoms with E-state index in [9.17, 15) is 0 Å². The van der Waals surface area contributed by atoms with Crippen LogP contribution in [-0.2, 0) is 13.1 Å². The van der Waals surface area contributed by atoms with Crippen molar-refractivity contribution in [1.29, 1.82) is 0 Å². The minimum absolute atomic E-state index is 0.888. The lowest BCUT2D eigenvalue weighted by atomic mass is 10.1. The van der Waals surface area contributed by atoms with Crippen LogP contribution in [0.1, 0.15) is 44.9 Å². The highest BCUT2D eigenvalue weighted by Crippen LogP contribution is 2.26. The highest BCUT2D eigenvalue weighted by molar-refractivity contribution is 4.92. The van der Waals surface area contributed by atoms with Crippen LogP contribution >= 0.6 is 0 Å². The van der Waals surface area contributed by atoms with Crippen molar-refractivity contribution in [2.45, 2.75) is 52.1 Å². The molecule has 1 aliphatic carbocycles. The van der Waals surface area contributed by atoms with Gasteiger partial charge in [0.05, 0.1) is 6.54 Å².